The molecule has 0 saturated carbocycles. The fraction of sp³-hybridized carbons (Fsp3) is 0.590. The van der Waals surface area contributed by atoms with Crippen molar-refractivity contribution in [1.82, 2.24) is 0 Å². The molecule has 0 rings (SSSR count). The number of hydrogen-bond acceptors (Lipinski definition) is 6. The van der Waals surface area contributed by atoms with Gasteiger partial charge in [-0.1, -0.05) is 206 Å². The first-order valence-electron chi connectivity index (χ1n) is 26.7. The number of esters is 3. The predicted octanol–water partition coefficient (Wildman–Crippen LogP) is 17.9. The zero-order valence-corrected chi connectivity index (χ0v) is 42.9. The van der Waals surface area contributed by atoms with Gasteiger partial charge in [0.1, 0.15) is 13.2 Å². The van der Waals surface area contributed by atoms with Crippen LogP contribution in [0.4, 0.5) is 0 Å². The van der Waals surface area contributed by atoms with E-state index in [-0.39, 0.29) is 44.0 Å². The maximum absolute atomic E-state index is 12.8. The van der Waals surface area contributed by atoms with Crippen molar-refractivity contribution in [3.63, 3.8) is 0 Å². The van der Waals surface area contributed by atoms with E-state index < -0.39 is 6.10 Å². The third-order valence-corrected chi connectivity index (χ3v) is 10.6. The number of rotatable bonds is 46. The second-order valence-electron chi connectivity index (χ2n) is 17.0. The molecule has 0 fully saturated rings. The molecule has 6 heteroatoms. The van der Waals surface area contributed by atoms with Crippen LogP contribution in [0.2, 0.25) is 0 Å². The molecule has 0 amide bonds. The van der Waals surface area contributed by atoms with Gasteiger partial charge in [0.15, 0.2) is 6.10 Å². The van der Waals surface area contributed by atoms with Gasteiger partial charge in [0, 0.05) is 19.3 Å². The quantitative estimate of drug-likeness (QED) is 0.0262. The molecule has 0 N–H and O–H groups in total. The van der Waals surface area contributed by atoms with E-state index in [1.54, 1.807) is 0 Å². The molecule has 0 aliphatic carbocycles. The molecule has 1 atom stereocenters. The summed E-state index contributed by atoms with van der Waals surface area (Å²) >= 11 is 0. The average molecular weight is 925 g/mol. The Morgan fingerprint density at radius 2 is 0.612 bits per heavy atom. The van der Waals surface area contributed by atoms with Crippen LogP contribution in [0, 0.1) is 0 Å². The van der Waals surface area contributed by atoms with Crippen molar-refractivity contribution in [2.75, 3.05) is 13.2 Å². The van der Waals surface area contributed by atoms with Gasteiger partial charge in [-0.3, -0.25) is 14.4 Å². The maximum atomic E-state index is 12.8. The van der Waals surface area contributed by atoms with Gasteiger partial charge in [0.25, 0.3) is 0 Å². The van der Waals surface area contributed by atoms with Crippen molar-refractivity contribution in [3.05, 3.63) is 134 Å². The van der Waals surface area contributed by atoms with Crippen LogP contribution < -0.4 is 0 Å². The molecule has 6 nitrogen and oxygen atoms in total. The Bertz CT molecular complexity index is 1480. The summed E-state index contributed by atoms with van der Waals surface area (Å²) in [6.45, 7) is 6.28. The Labute approximate surface area is 411 Å². The van der Waals surface area contributed by atoms with Crippen LogP contribution in [0.3, 0.4) is 0 Å². The lowest BCUT2D eigenvalue weighted by Crippen LogP contribution is -2.30. The Kier molecular flexibility index (Phi) is 50.6. The highest BCUT2D eigenvalue weighted by molar-refractivity contribution is 5.71. The maximum Gasteiger partial charge on any atom is 0.306 e. The van der Waals surface area contributed by atoms with E-state index in [9.17, 15) is 14.4 Å². The zero-order valence-electron chi connectivity index (χ0n) is 42.9. The van der Waals surface area contributed by atoms with Crippen LogP contribution in [-0.4, -0.2) is 37.2 Å². The van der Waals surface area contributed by atoms with Crippen molar-refractivity contribution in [2.24, 2.45) is 0 Å². The van der Waals surface area contributed by atoms with E-state index in [2.05, 4.69) is 142 Å². The van der Waals surface area contributed by atoms with E-state index in [1.165, 1.54) is 25.7 Å². The minimum Gasteiger partial charge on any atom is -0.462 e. The summed E-state index contributed by atoms with van der Waals surface area (Å²) in [5.74, 6) is -1.05. The minimum absolute atomic E-state index is 0.121. The molecule has 0 saturated heterocycles. The van der Waals surface area contributed by atoms with Gasteiger partial charge in [-0.25, -0.2) is 0 Å². The molecule has 0 aliphatic rings. The summed E-state index contributed by atoms with van der Waals surface area (Å²) in [5, 5.41) is 0. The van der Waals surface area contributed by atoms with Crippen LogP contribution in [-0.2, 0) is 28.6 Å². The molecule has 0 aromatic carbocycles. The molecule has 376 valence electrons. The highest BCUT2D eigenvalue weighted by Crippen LogP contribution is 2.12. The van der Waals surface area contributed by atoms with Gasteiger partial charge in [-0.2, -0.15) is 0 Å². The lowest BCUT2D eigenvalue weighted by molar-refractivity contribution is -0.166. The number of unbranched alkanes of at least 4 members (excludes halogenated alkanes) is 13. The van der Waals surface area contributed by atoms with Crippen molar-refractivity contribution in [2.45, 2.75) is 219 Å². The van der Waals surface area contributed by atoms with Crippen LogP contribution in [0.25, 0.3) is 0 Å². The van der Waals surface area contributed by atoms with Crippen molar-refractivity contribution < 1.29 is 28.6 Å². The lowest BCUT2D eigenvalue weighted by Gasteiger charge is -2.18. The normalized spacial score (nSPS) is 13.2. The van der Waals surface area contributed by atoms with Gasteiger partial charge in [0.2, 0.25) is 0 Å². The first kappa shape index (κ1) is 62.5. The molecule has 0 aliphatic heterocycles. The SMILES string of the molecule is CC/C=C\C/C=C\C/C=C\C/C=C\C/C=C\C/C=C\CCC(=O)OC[C@H](COC(=O)CCCCCCC/C=C\C/C=C\C/C=C\CC)OC(=O)CCCCCCC/C=C\C/C=C\CCCCC. The second kappa shape index (κ2) is 54.2. The number of ether oxygens (including phenoxy) is 3. The summed E-state index contributed by atoms with van der Waals surface area (Å²) in [6.07, 6.45) is 75.9. The molecule has 0 heterocycles. The van der Waals surface area contributed by atoms with Gasteiger partial charge in [-0.15, -0.1) is 0 Å². The number of allylic oxidation sites excluding steroid dienone is 22. The molecule has 0 spiro atoms. The van der Waals surface area contributed by atoms with E-state index >= 15 is 0 Å². The van der Waals surface area contributed by atoms with Crippen molar-refractivity contribution in [1.29, 1.82) is 0 Å². The molecular weight excluding hydrogens is 829 g/mol. The van der Waals surface area contributed by atoms with Gasteiger partial charge >= 0.3 is 17.9 Å². The van der Waals surface area contributed by atoms with E-state index in [4.69, 9.17) is 14.2 Å². The Morgan fingerprint density at radius 3 is 1.00 bits per heavy atom. The Balaban J connectivity index is 4.58. The van der Waals surface area contributed by atoms with Crippen LogP contribution in [0.5, 0.6) is 0 Å². The lowest BCUT2D eigenvalue weighted by atomic mass is 10.1. The van der Waals surface area contributed by atoms with E-state index in [0.29, 0.717) is 12.8 Å². The Morgan fingerprint density at radius 1 is 0.313 bits per heavy atom. The van der Waals surface area contributed by atoms with Gasteiger partial charge in [0.05, 0.1) is 0 Å². The fourth-order valence-electron chi connectivity index (χ4n) is 6.69. The first-order chi connectivity index (χ1) is 33.0. The zero-order chi connectivity index (χ0) is 48.6. The Hall–Kier alpha value is -4.45. The molecule has 0 bridgehead atoms. The second-order valence-corrected chi connectivity index (χ2v) is 17.0. The number of carbonyl (C=O) groups excluding carboxylic acids is 3. The van der Waals surface area contributed by atoms with Crippen LogP contribution in [0.1, 0.15) is 213 Å². The topological polar surface area (TPSA) is 78.9 Å². The van der Waals surface area contributed by atoms with Gasteiger partial charge < -0.3 is 14.2 Å². The largest absolute Gasteiger partial charge is 0.462 e. The number of carbonyl (C=O) groups is 3. The smallest absolute Gasteiger partial charge is 0.306 e. The fourth-order valence-corrected chi connectivity index (χ4v) is 6.69. The average Bonchev–Trinajstić information content (AvgIpc) is 3.33. The summed E-state index contributed by atoms with van der Waals surface area (Å²) < 4.78 is 16.7. The minimum atomic E-state index is -0.828. The first-order valence-corrected chi connectivity index (χ1v) is 26.7. The molecule has 0 aromatic heterocycles. The van der Waals surface area contributed by atoms with Crippen LogP contribution >= 0.6 is 0 Å². The monoisotopic (exact) mass is 925 g/mol. The molecule has 0 aromatic rings. The van der Waals surface area contributed by atoms with E-state index in [0.717, 1.165) is 141 Å². The third-order valence-electron chi connectivity index (χ3n) is 10.6. The summed E-state index contributed by atoms with van der Waals surface area (Å²) in [4.78, 5) is 38.0. The molecule has 0 radical (unpaired) electrons. The standard InChI is InChI=1S/C61H96O6/c1-4-7-10-13-16-19-22-25-28-29-30-31-34-36-39-42-45-48-51-54-60(63)66-57-58(67-61(64)55-52-49-46-43-40-37-33-27-24-21-18-15-12-9-6-3)56-65-59(62)53-50-47-44-41-38-35-32-26-23-20-17-14-11-8-5-2/h7-8,10-11,16-21,25-28,30-33,36,39,45,48,58H,4-6,9,12-15,22-24,29,34-35,37-38,40-44,46-47,49-57H2,1-3H3/b10-7-,11-8-,19-16-,20-17-,21-18-,28-25-,31-30-,32-26-,33-27-,39-36-,48-45-/t58-/m0/s1. The van der Waals surface area contributed by atoms with Crippen molar-refractivity contribution in [3.8, 4) is 0 Å². The summed E-state index contributed by atoms with van der Waals surface area (Å²) in [5.41, 5.74) is 0. The van der Waals surface area contributed by atoms with Crippen LogP contribution in [0.15, 0.2) is 134 Å². The molecule has 67 heavy (non-hydrogen) atoms. The number of hydrogen-bond donors (Lipinski definition) is 0. The summed E-state index contributed by atoms with van der Waals surface area (Å²) in [7, 11) is 0. The molecule has 0 unspecified atom stereocenters. The van der Waals surface area contributed by atoms with Crippen molar-refractivity contribution >= 4 is 17.9 Å². The summed E-state index contributed by atoms with van der Waals surface area (Å²) in [6, 6.07) is 0. The van der Waals surface area contributed by atoms with E-state index in [1.807, 2.05) is 12.2 Å². The highest BCUT2D eigenvalue weighted by Gasteiger charge is 2.19. The van der Waals surface area contributed by atoms with Gasteiger partial charge in [-0.05, 0) is 122 Å². The molecular formula is C61H96O6. The highest BCUT2D eigenvalue weighted by atomic mass is 16.6. The third kappa shape index (κ3) is 52.4. The predicted molar refractivity (Wildman–Crippen MR) is 288 cm³/mol.